The van der Waals surface area contributed by atoms with E-state index in [-0.39, 0.29) is 5.82 Å². The zero-order valence-electron chi connectivity index (χ0n) is 8.14. The fourth-order valence-electron chi connectivity index (χ4n) is 0.908. The Kier molecular flexibility index (Phi) is 2.60. The normalized spacial score (nSPS) is 12.9. The number of nitrogens with zero attached hydrogens (tertiary/aromatic N) is 1. The number of aromatic amines is 1. The Labute approximate surface area is 83.3 Å². The van der Waals surface area contributed by atoms with E-state index in [1.165, 1.54) is 13.8 Å². The summed E-state index contributed by atoms with van der Waals surface area (Å²) in [5.74, 6) is -0.192. The van der Waals surface area contributed by atoms with Gasteiger partial charge >= 0.3 is 6.18 Å². The highest BCUT2D eigenvalue weighted by Crippen LogP contribution is 2.27. The van der Waals surface area contributed by atoms with Crippen LogP contribution < -0.4 is 11.3 Å². The fourth-order valence-corrected chi connectivity index (χ4v) is 0.908. The predicted molar refractivity (Wildman–Crippen MR) is 47.1 cm³/mol. The van der Waals surface area contributed by atoms with Crippen molar-refractivity contribution >= 4 is 0 Å². The van der Waals surface area contributed by atoms with Crippen molar-refractivity contribution < 1.29 is 13.2 Å². The van der Waals surface area contributed by atoms with Crippen LogP contribution in [0, 0.1) is 0 Å². The van der Waals surface area contributed by atoms with E-state index in [0.29, 0.717) is 6.07 Å². The molecule has 0 spiro atoms. The fraction of sp³-hybridized carbons (Fsp3) is 0.500. The van der Waals surface area contributed by atoms with Crippen LogP contribution in [0.15, 0.2) is 10.9 Å². The second-order valence-electron chi connectivity index (χ2n) is 3.70. The zero-order chi connectivity index (χ0) is 11.9. The monoisotopic (exact) mass is 221 g/mol. The number of H-pyrrole nitrogens is 1. The van der Waals surface area contributed by atoms with Crippen molar-refractivity contribution in [3.05, 3.63) is 27.9 Å². The molecule has 0 aromatic carbocycles. The lowest BCUT2D eigenvalue weighted by molar-refractivity contribution is -0.141. The molecule has 0 amide bonds. The average Bonchev–Trinajstić information content (AvgIpc) is 1.99. The summed E-state index contributed by atoms with van der Waals surface area (Å²) < 4.78 is 36.8. The van der Waals surface area contributed by atoms with E-state index in [9.17, 15) is 18.0 Å². The second kappa shape index (κ2) is 3.34. The summed E-state index contributed by atoms with van der Waals surface area (Å²) in [6.07, 6.45) is -4.64. The van der Waals surface area contributed by atoms with E-state index in [0.717, 1.165) is 0 Å². The SMILES string of the molecule is CC(C)(N)c1nc(C(F)(F)F)cc(=O)[nH]1. The van der Waals surface area contributed by atoms with Crippen molar-refractivity contribution in [2.45, 2.75) is 25.6 Å². The lowest BCUT2D eigenvalue weighted by Crippen LogP contribution is -2.34. The van der Waals surface area contributed by atoms with Crippen LogP contribution in [0.5, 0.6) is 0 Å². The summed E-state index contributed by atoms with van der Waals surface area (Å²) >= 11 is 0. The van der Waals surface area contributed by atoms with Crippen LogP contribution in [-0.2, 0) is 11.7 Å². The lowest BCUT2D eigenvalue weighted by Gasteiger charge is -2.18. The first-order valence-electron chi connectivity index (χ1n) is 4.08. The van der Waals surface area contributed by atoms with E-state index in [2.05, 4.69) is 9.97 Å². The maximum Gasteiger partial charge on any atom is 0.433 e. The number of alkyl halides is 3. The van der Waals surface area contributed by atoms with Crippen molar-refractivity contribution in [1.82, 2.24) is 9.97 Å². The molecule has 0 saturated carbocycles. The smallest absolute Gasteiger partial charge is 0.319 e. The molecule has 0 saturated heterocycles. The number of nitrogens with one attached hydrogen (secondary N) is 1. The van der Waals surface area contributed by atoms with Crippen molar-refractivity contribution in [3.8, 4) is 0 Å². The molecule has 0 aliphatic carbocycles. The van der Waals surface area contributed by atoms with Crippen molar-refractivity contribution in [2.24, 2.45) is 5.73 Å². The maximum atomic E-state index is 12.3. The molecule has 4 nitrogen and oxygen atoms in total. The Balaban J connectivity index is 3.36. The van der Waals surface area contributed by atoms with Gasteiger partial charge < -0.3 is 10.7 Å². The van der Waals surface area contributed by atoms with Gasteiger partial charge in [-0.25, -0.2) is 4.98 Å². The minimum Gasteiger partial charge on any atom is -0.319 e. The quantitative estimate of drug-likeness (QED) is 0.742. The zero-order valence-corrected chi connectivity index (χ0v) is 8.14. The highest BCUT2D eigenvalue weighted by molar-refractivity contribution is 5.10. The molecule has 1 heterocycles. The number of rotatable bonds is 1. The summed E-state index contributed by atoms with van der Waals surface area (Å²) in [5.41, 5.74) is 2.31. The largest absolute Gasteiger partial charge is 0.433 e. The van der Waals surface area contributed by atoms with Gasteiger partial charge in [-0.2, -0.15) is 13.2 Å². The van der Waals surface area contributed by atoms with Gasteiger partial charge in [0, 0.05) is 6.07 Å². The van der Waals surface area contributed by atoms with Gasteiger partial charge in [-0.3, -0.25) is 4.79 Å². The molecule has 0 bridgehead atoms. The molecule has 0 atom stereocenters. The van der Waals surface area contributed by atoms with E-state index < -0.39 is 23.0 Å². The van der Waals surface area contributed by atoms with Gasteiger partial charge in [0.2, 0.25) is 0 Å². The maximum absolute atomic E-state index is 12.3. The third-order valence-electron chi connectivity index (χ3n) is 1.64. The molecular weight excluding hydrogens is 211 g/mol. The number of halogens is 3. The van der Waals surface area contributed by atoms with Crippen LogP contribution in [-0.4, -0.2) is 9.97 Å². The molecule has 15 heavy (non-hydrogen) atoms. The van der Waals surface area contributed by atoms with E-state index in [1.54, 1.807) is 0 Å². The lowest BCUT2D eigenvalue weighted by atomic mass is 10.1. The first-order valence-corrected chi connectivity index (χ1v) is 4.08. The standard InChI is InChI=1S/C8H10F3N3O/c1-7(2,12)6-13-4(8(9,10)11)3-5(15)14-6/h3H,12H2,1-2H3,(H,13,14,15). The Morgan fingerprint density at radius 2 is 1.93 bits per heavy atom. The minimum atomic E-state index is -4.64. The van der Waals surface area contributed by atoms with Crippen LogP contribution in [0.1, 0.15) is 25.4 Å². The highest BCUT2D eigenvalue weighted by atomic mass is 19.4. The number of hydrogen-bond donors (Lipinski definition) is 2. The van der Waals surface area contributed by atoms with Crippen LogP contribution in [0.25, 0.3) is 0 Å². The molecule has 0 fully saturated rings. The van der Waals surface area contributed by atoms with E-state index in [4.69, 9.17) is 5.73 Å². The Bertz CT molecular complexity index is 381. The number of aromatic nitrogens is 2. The van der Waals surface area contributed by atoms with Gasteiger partial charge in [0.25, 0.3) is 5.56 Å². The number of nitrogens with two attached hydrogens (primary N) is 1. The highest BCUT2D eigenvalue weighted by Gasteiger charge is 2.34. The van der Waals surface area contributed by atoms with Crippen molar-refractivity contribution in [1.29, 1.82) is 0 Å². The third-order valence-corrected chi connectivity index (χ3v) is 1.64. The van der Waals surface area contributed by atoms with Crippen LogP contribution in [0.4, 0.5) is 13.2 Å². The topological polar surface area (TPSA) is 71.8 Å². The minimum absolute atomic E-state index is 0.192. The molecule has 1 aromatic rings. The molecule has 0 unspecified atom stereocenters. The van der Waals surface area contributed by atoms with Crippen LogP contribution >= 0.6 is 0 Å². The van der Waals surface area contributed by atoms with Gasteiger partial charge in [-0.05, 0) is 13.8 Å². The van der Waals surface area contributed by atoms with Crippen LogP contribution in [0.3, 0.4) is 0 Å². The van der Waals surface area contributed by atoms with Crippen molar-refractivity contribution in [3.63, 3.8) is 0 Å². The molecule has 0 aliphatic rings. The molecule has 1 rings (SSSR count). The van der Waals surface area contributed by atoms with Gasteiger partial charge in [0.15, 0.2) is 5.69 Å². The third kappa shape index (κ3) is 2.79. The summed E-state index contributed by atoms with van der Waals surface area (Å²) in [7, 11) is 0. The first kappa shape index (κ1) is 11.7. The molecule has 1 aromatic heterocycles. The Morgan fingerprint density at radius 3 is 2.33 bits per heavy atom. The Morgan fingerprint density at radius 1 is 1.40 bits per heavy atom. The molecule has 84 valence electrons. The van der Waals surface area contributed by atoms with Gasteiger partial charge in [0.1, 0.15) is 5.82 Å². The van der Waals surface area contributed by atoms with Crippen molar-refractivity contribution in [2.75, 3.05) is 0 Å². The summed E-state index contributed by atoms with van der Waals surface area (Å²) in [5, 5.41) is 0. The second-order valence-corrected chi connectivity index (χ2v) is 3.70. The van der Waals surface area contributed by atoms with Gasteiger partial charge in [0.05, 0.1) is 5.54 Å². The first-order chi connectivity index (χ1) is 6.60. The van der Waals surface area contributed by atoms with E-state index in [1.807, 2.05) is 0 Å². The molecule has 0 radical (unpaired) electrons. The molecule has 7 heteroatoms. The average molecular weight is 221 g/mol. The molecule has 3 N–H and O–H groups in total. The van der Waals surface area contributed by atoms with Crippen LogP contribution in [0.2, 0.25) is 0 Å². The van der Waals surface area contributed by atoms with Gasteiger partial charge in [-0.1, -0.05) is 0 Å². The molecule has 0 aliphatic heterocycles. The Hall–Kier alpha value is -1.37. The molecular formula is C8H10F3N3O. The predicted octanol–water partition coefficient (Wildman–Crippen LogP) is 0.983. The summed E-state index contributed by atoms with van der Waals surface area (Å²) in [6.45, 7) is 2.90. The van der Waals surface area contributed by atoms with Gasteiger partial charge in [-0.15, -0.1) is 0 Å². The summed E-state index contributed by atoms with van der Waals surface area (Å²) in [4.78, 5) is 16.4. The van der Waals surface area contributed by atoms with E-state index >= 15 is 0 Å². The number of hydrogen-bond acceptors (Lipinski definition) is 3. The summed E-state index contributed by atoms with van der Waals surface area (Å²) in [6, 6.07) is 0.398.